The first-order valence-corrected chi connectivity index (χ1v) is 11.2. The fraction of sp³-hybridized carbons (Fsp3) is 0.571. The van der Waals surface area contributed by atoms with Crippen molar-refractivity contribution in [1.82, 2.24) is 15.3 Å². The molecular formula is C21H26F3N5O6. The SMILES string of the molecule is O=C(NC[C@H]1CN(c2ccc(N3CCON(C(=O)N4CCOCC4)CC3)c(F)c2)C(=O)O1)C(F)F. The van der Waals surface area contributed by atoms with Crippen molar-refractivity contribution >= 4 is 29.4 Å². The Bertz CT molecular complexity index is 948. The monoisotopic (exact) mass is 501 g/mol. The van der Waals surface area contributed by atoms with E-state index < -0.39 is 30.3 Å². The molecule has 1 aromatic rings. The van der Waals surface area contributed by atoms with Crippen LogP contribution in [0.4, 0.5) is 34.1 Å². The van der Waals surface area contributed by atoms with Crippen LogP contribution < -0.4 is 15.1 Å². The lowest BCUT2D eigenvalue weighted by Crippen LogP contribution is -2.48. The number of cyclic esters (lactones) is 1. The van der Waals surface area contributed by atoms with Gasteiger partial charge in [-0.3, -0.25) is 14.5 Å². The molecule has 3 saturated heterocycles. The molecule has 3 aliphatic heterocycles. The van der Waals surface area contributed by atoms with Crippen LogP contribution in [0, 0.1) is 5.82 Å². The summed E-state index contributed by atoms with van der Waals surface area (Å²) in [6, 6.07) is 3.99. The van der Waals surface area contributed by atoms with Crippen LogP contribution in [0.25, 0.3) is 0 Å². The minimum Gasteiger partial charge on any atom is -0.442 e. The number of morpholine rings is 1. The molecule has 0 radical (unpaired) electrons. The Kier molecular flexibility index (Phi) is 7.80. The summed E-state index contributed by atoms with van der Waals surface area (Å²) in [7, 11) is 0. The van der Waals surface area contributed by atoms with Gasteiger partial charge in [0.1, 0.15) is 11.9 Å². The summed E-state index contributed by atoms with van der Waals surface area (Å²) in [5.74, 6) is -2.04. The highest BCUT2D eigenvalue weighted by Gasteiger charge is 2.34. The average molecular weight is 501 g/mol. The molecule has 0 unspecified atom stereocenters. The van der Waals surface area contributed by atoms with E-state index in [-0.39, 0.29) is 43.6 Å². The summed E-state index contributed by atoms with van der Waals surface area (Å²) in [6.07, 6.45) is -4.78. The minimum absolute atomic E-state index is 0.0305. The minimum atomic E-state index is -3.17. The molecular weight excluding hydrogens is 475 g/mol. The lowest BCUT2D eigenvalue weighted by molar-refractivity contribution is -0.132. The normalized spacial score (nSPS) is 21.3. The van der Waals surface area contributed by atoms with E-state index in [2.05, 4.69) is 0 Å². The van der Waals surface area contributed by atoms with Gasteiger partial charge in [-0.2, -0.15) is 8.78 Å². The molecule has 0 bridgehead atoms. The number of amides is 4. The van der Waals surface area contributed by atoms with Crippen LogP contribution >= 0.6 is 0 Å². The van der Waals surface area contributed by atoms with Gasteiger partial charge in [0.05, 0.1) is 50.8 Å². The number of hydrogen-bond donors (Lipinski definition) is 1. The van der Waals surface area contributed by atoms with Gasteiger partial charge >= 0.3 is 18.5 Å². The molecule has 0 spiro atoms. The third kappa shape index (κ3) is 5.88. The lowest BCUT2D eigenvalue weighted by Gasteiger charge is -2.31. The fourth-order valence-electron chi connectivity index (χ4n) is 4.00. The van der Waals surface area contributed by atoms with Gasteiger partial charge in [-0.05, 0) is 18.2 Å². The third-order valence-corrected chi connectivity index (χ3v) is 5.84. The third-order valence-electron chi connectivity index (χ3n) is 5.84. The highest BCUT2D eigenvalue weighted by molar-refractivity contribution is 5.90. The Morgan fingerprint density at radius 3 is 2.57 bits per heavy atom. The Labute approximate surface area is 199 Å². The Morgan fingerprint density at radius 2 is 1.86 bits per heavy atom. The van der Waals surface area contributed by atoms with Crippen molar-refractivity contribution in [3.05, 3.63) is 24.0 Å². The summed E-state index contributed by atoms with van der Waals surface area (Å²) < 4.78 is 50.0. The molecule has 1 aromatic carbocycles. The van der Waals surface area contributed by atoms with E-state index in [1.54, 1.807) is 15.9 Å². The molecule has 3 fully saturated rings. The molecule has 11 nitrogen and oxygen atoms in total. The van der Waals surface area contributed by atoms with Crippen molar-refractivity contribution in [3.63, 3.8) is 0 Å². The van der Waals surface area contributed by atoms with Gasteiger partial charge in [-0.15, -0.1) is 0 Å². The molecule has 1 N–H and O–H groups in total. The van der Waals surface area contributed by atoms with Crippen molar-refractivity contribution < 1.29 is 41.9 Å². The first-order valence-electron chi connectivity index (χ1n) is 11.2. The van der Waals surface area contributed by atoms with Crippen LogP contribution in [0.1, 0.15) is 0 Å². The quantitative estimate of drug-likeness (QED) is 0.643. The molecule has 0 saturated carbocycles. The zero-order chi connectivity index (χ0) is 24.9. The molecule has 192 valence electrons. The van der Waals surface area contributed by atoms with Gasteiger partial charge in [0.15, 0.2) is 0 Å². The summed E-state index contributed by atoms with van der Waals surface area (Å²) in [4.78, 5) is 46.0. The number of anilines is 2. The van der Waals surface area contributed by atoms with Crippen molar-refractivity contribution in [2.45, 2.75) is 12.5 Å². The number of carbonyl (C=O) groups is 3. The number of halogens is 3. The zero-order valence-corrected chi connectivity index (χ0v) is 18.8. The molecule has 35 heavy (non-hydrogen) atoms. The number of carbonyl (C=O) groups excluding carboxylic acids is 3. The van der Waals surface area contributed by atoms with Crippen molar-refractivity contribution in [2.24, 2.45) is 0 Å². The Balaban J connectivity index is 1.35. The van der Waals surface area contributed by atoms with E-state index in [1.807, 2.05) is 5.32 Å². The second-order valence-electron chi connectivity index (χ2n) is 8.10. The number of nitrogens with one attached hydrogen (secondary N) is 1. The van der Waals surface area contributed by atoms with E-state index in [4.69, 9.17) is 14.3 Å². The second-order valence-corrected chi connectivity index (χ2v) is 8.10. The lowest BCUT2D eigenvalue weighted by atomic mass is 10.2. The molecule has 0 aromatic heterocycles. The number of benzene rings is 1. The van der Waals surface area contributed by atoms with Crippen LogP contribution in [-0.4, -0.2) is 106 Å². The maximum atomic E-state index is 15.0. The number of alkyl halides is 2. The molecule has 0 aliphatic carbocycles. The van der Waals surface area contributed by atoms with Crippen molar-refractivity contribution in [3.8, 4) is 0 Å². The topological polar surface area (TPSA) is 104 Å². The van der Waals surface area contributed by atoms with Gasteiger partial charge in [-0.25, -0.2) is 19.0 Å². The van der Waals surface area contributed by atoms with Crippen molar-refractivity contribution in [2.75, 3.05) is 75.4 Å². The molecule has 4 rings (SSSR count). The van der Waals surface area contributed by atoms with E-state index in [0.717, 1.165) is 0 Å². The number of urea groups is 1. The Morgan fingerprint density at radius 1 is 1.09 bits per heavy atom. The molecule has 3 aliphatic rings. The average Bonchev–Trinajstić information content (AvgIpc) is 3.06. The van der Waals surface area contributed by atoms with Gasteiger partial charge in [0.2, 0.25) is 0 Å². The molecule has 4 amide bonds. The van der Waals surface area contributed by atoms with Crippen LogP contribution in [0.2, 0.25) is 0 Å². The summed E-state index contributed by atoms with van der Waals surface area (Å²) in [5.41, 5.74) is 0.514. The Hall–Kier alpha value is -3.26. The second kappa shape index (κ2) is 11.0. The van der Waals surface area contributed by atoms with Gasteiger partial charge < -0.3 is 24.6 Å². The summed E-state index contributed by atoms with van der Waals surface area (Å²) >= 11 is 0. The molecule has 1 atom stereocenters. The van der Waals surface area contributed by atoms with E-state index in [9.17, 15) is 23.2 Å². The predicted molar refractivity (Wildman–Crippen MR) is 116 cm³/mol. The number of nitrogens with zero attached hydrogens (tertiary/aromatic N) is 4. The van der Waals surface area contributed by atoms with Crippen LogP contribution in [0.5, 0.6) is 0 Å². The summed E-state index contributed by atoms with van der Waals surface area (Å²) in [5, 5.41) is 3.28. The first-order chi connectivity index (χ1) is 16.8. The van der Waals surface area contributed by atoms with E-state index in [1.165, 1.54) is 22.1 Å². The highest BCUT2D eigenvalue weighted by atomic mass is 19.3. The smallest absolute Gasteiger partial charge is 0.414 e. The van der Waals surface area contributed by atoms with Gasteiger partial charge in [0.25, 0.3) is 5.91 Å². The fourth-order valence-corrected chi connectivity index (χ4v) is 4.00. The first kappa shape index (κ1) is 24.9. The van der Waals surface area contributed by atoms with E-state index in [0.29, 0.717) is 39.4 Å². The number of ether oxygens (including phenoxy) is 2. The van der Waals surface area contributed by atoms with Gasteiger partial charge in [0, 0.05) is 26.2 Å². The van der Waals surface area contributed by atoms with Crippen LogP contribution in [0.3, 0.4) is 0 Å². The zero-order valence-electron chi connectivity index (χ0n) is 18.8. The van der Waals surface area contributed by atoms with E-state index >= 15 is 4.39 Å². The summed E-state index contributed by atoms with van der Waals surface area (Å²) in [6.45, 7) is 2.71. The van der Waals surface area contributed by atoms with Crippen LogP contribution in [-0.2, 0) is 19.1 Å². The number of rotatable bonds is 5. The standard InChI is InChI=1S/C21H26F3N5O6/c22-16-11-14(28-13-15(35-21(28)32)12-25-19(30)18(23)24)1-2-17(16)26-3-4-29(34-10-7-26)20(31)27-5-8-33-9-6-27/h1-2,11,15,18H,3-10,12-13H2,(H,25,30)/t15-/m0/s1. The van der Waals surface area contributed by atoms with Crippen molar-refractivity contribution in [1.29, 1.82) is 0 Å². The maximum absolute atomic E-state index is 15.0. The maximum Gasteiger partial charge on any atom is 0.414 e. The predicted octanol–water partition coefficient (Wildman–Crippen LogP) is 1.04. The number of hydrogen-bond acceptors (Lipinski definition) is 7. The largest absolute Gasteiger partial charge is 0.442 e. The molecule has 3 heterocycles. The molecule has 14 heteroatoms. The highest BCUT2D eigenvalue weighted by Crippen LogP contribution is 2.28. The van der Waals surface area contributed by atoms with Gasteiger partial charge in [-0.1, -0.05) is 0 Å². The number of hydroxylamine groups is 2. The van der Waals surface area contributed by atoms with Crippen LogP contribution in [0.15, 0.2) is 18.2 Å².